The van der Waals surface area contributed by atoms with Gasteiger partial charge in [-0.05, 0) is 43.2 Å². The summed E-state index contributed by atoms with van der Waals surface area (Å²) in [6, 6.07) is 11.5. The van der Waals surface area contributed by atoms with Gasteiger partial charge in [0.1, 0.15) is 5.75 Å². The Morgan fingerprint density at radius 2 is 1.81 bits per heavy atom. The van der Waals surface area contributed by atoms with Crippen LogP contribution in [0.1, 0.15) is 17.7 Å². The normalized spacial score (nSPS) is 14.8. The highest BCUT2D eigenvalue weighted by Crippen LogP contribution is 2.13. The molecule has 0 aliphatic carbocycles. The second-order valence-electron chi connectivity index (χ2n) is 6.59. The van der Waals surface area contributed by atoms with E-state index in [1.54, 1.807) is 4.90 Å². The molecule has 26 heavy (non-hydrogen) atoms. The van der Waals surface area contributed by atoms with E-state index in [0.717, 1.165) is 17.7 Å². The van der Waals surface area contributed by atoms with E-state index >= 15 is 0 Å². The van der Waals surface area contributed by atoms with Crippen LogP contribution in [0.4, 0.5) is 0 Å². The second kappa shape index (κ2) is 8.56. The minimum absolute atomic E-state index is 0.0277. The lowest BCUT2D eigenvalue weighted by Gasteiger charge is -2.22. The average Bonchev–Trinajstić information content (AvgIpc) is 3.01. The van der Waals surface area contributed by atoms with Crippen LogP contribution in [0.15, 0.2) is 42.6 Å². The van der Waals surface area contributed by atoms with Gasteiger partial charge in [-0.1, -0.05) is 12.1 Å². The van der Waals surface area contributed by atoms with Gasteiger partial charge in [-0.2, -0.15) is 0 Å². The molecule has 1 aliphatic rings. The van der Waals surface area contributed by atoms with E-state index in [0.29, 0.717) is 38.3 Å². The number of nitrogens with zero attached hydrogens (tertiary/aromatic N) is 2. The number of rotatable bonds is 5. The molecule has 2 aromatic rings. The number of H-pyrrole nitrogens is 1. The van der Waals surface area contributed by atoms with Crippen molar-refractivity contribution in [1.82, 2.24) is 14.8 Å². The Balaban J connectivity index is 1.48. The highest BCUT2D eigenvalue weighted by molar-refractivity contribution is 5.79. The molecule has 0 bridgehead atoms. The molecule has 1 aromatic heterocycles. The SMILES string of the molecule is Cc1cccc(OCC(=O)N2CCCN(C(=O)Cc3ccc[nH]3)CC2)c1. The minimum Gasteiger partial charge on any atom is -0.484 e. The Hall–Kier alpha value is -2.76. The number of carbonyl (C=O) groups is 2. The predicted octanol–water partition coefficient (Wildman–Crippen LogP) is 2.01. The average molecular weight is 355 g/mol. The minimum atomic E-state index is -0.0369. The Kier molecular flexibility index (Phi) is 5.94. The highest BCUT2D eigenvalue weighted by Gasteiger charge is 2.22. The molecule has 1 N–H and O–H groups in total. The molecule has 1 aliphatic heterocycles. The summed E-state index contributed by atoms with van der Waals surface area (Å²) < 4.78 is 5.61. The zero-order valence-electron chi connectivity index (χ0n) is 15.1. The predicted molar refractivity (Wildman–Crippen MR) is 98.9 cm³/mol. The van der Waals surface area contributed by atoms with E-state index in [4.69, 9.17) is 4.74 Å². The number of carbonyl (C=O) groups excluding carboxylic acids is 2. The number of benzene rings is 1. The first-order valence-corrected chi connectivity index (χ1v) is 8.99. The molecule has 0 unspecified atom stereocenters. The molecule has 1 aromatic carbocycles. The van der Waals surface area contributed by atoms with Gasteiger partial charge in [0.05, 0.1) is 6.42 Å². The maximum absolute atomic E-state index is 12.4. The summed E-state index contributed by atoms with van der Waals surface area (Å²) in [5.41, 5.74) is 2.01. The molecule has 2 heterocycles. The first-order chi connectivity index (χ1) is 12.6. The van der Waals surface area contributed by atoms with Crippen molar-refractivity contribution >= 4 is 11.8 Å². The van der Waals surface area contributed by atoms with Crippen molar-refractivity contribution in [3.63, 3.8) is 0 Å². The summed E-state index contributed by atoms with van der Waals surface area (Å²) in [6.07, 6.45) is 2.98. The van der Waals surface area contributed by atoms with E-state index in [1.165, 1.54) is 0 Å². The molecular formula is C20H25N3O3. The zero-order chi connectivity index (χ0) is 18.4. The smallest absolute Gasteiger partial charge is 0.260 e. The lowest BCUT2D eigenvalue weighted by molar-refractivity contribution is -0.134. The van der Waals surface area contributed by atoms with Crippen molar-refractivity contribution in [3.05, 3.63) is 53.9 Å². The Labute approximate surface area is 153 Å². The van der Waals surface area contributed by atoms with E-state index in [1.807, 2.05) is 54.4 Å². The molecule has 0 atom stereocenters. The fraction of sp³-hybridized carbons (Fsp3) is 0.400. The largest absolute Gasteiger partial charge is 0.484 e. The molecule has 1 fully saturated rings. The highest BCUT2D eigenvalue weighted by atomic mass is 16.5. The van der Waals surface area contributed by atoms with E-state index in [9.17, 15) is 9.59 Å². The van der Waals surface area contributed by atoms with Crippen LogP contribution in [0.25, 0.3) is 0 Å². The lowest BCUT2D eigenvalue weighted by Crippen LogP contribution is -2.39. The van der Waals surface area contributed by atoms with Crippen LogP contribution in [-0.2, 0) is 16.0 Å². The van der Waals surface area contributed by atoms with Crippen LogP contribution < -0.4 is 4.74 Å². The second-order valence-corrected chi connectivity index (χ2v) is 6.59. The lowest BCUT2D eigenvalue weighted by atomic mass is 10.2. The molecule has 6 nitrogen and oxygen atoms in total. The van der Waals surface area contributed by atoms with Crippen molar-refractivity contribution in [2.24, 2.45) is 0 Å². The van der Waals surface area contributed by atoms with Gasteiger partial charge in [-0.15, -0.1) is 0 Å². The van der Waals surface area contributed by atoms with Crippen LogP contribution in [0.5, 0.6) is 5.75 Å². The van der Waals surface area contributed by atoms with Crippen LogP contribution >= 0.6 is 0 Å². The van der Waals surface area contributed by atoms with E-state index < -0.39 is 0 Å². The van der Waals surface area contributed by atoms with Crippen LogP contribution in [0.2, 0.25) is 0 Å². The molecule has 3 rings (SSSR count). The molecular weight excluding hydrogens is 330 g/mol. The summed E-state index contributed by atoms with van der Waals surface area (Å²) >= 11 is 0. The number of ether oxygens (including phenoxy) is 1. The Morgan fingerprint density at radius 3 is 2.50 bits per heavy atom. The zero-order valence-corrected chi connectivity index (χ0v) is 15.1. The number of hydrogen-bond donors (Lipinski definition) is 1. The number of aromatic amines is 1. The maximum Gasteiger partial charge on any atom is 0.260 e. The van der Waals surface area contributed by atoms with E-state index in [-0.39, 0.29) is 18.4 Å². The standard InChI is InChI=1S/C20H25N3O3/c1-16-5-2-7-18(13-16)26-15-20(25)23-10-4-9-22(11-12-23)19(24)14-17-6-3-8-21-17/h2-3,5-8,13,21H,4,9-12,14-15H2,1H3. The molecule has 0 saturated carbocycles. The quantitative estimate of drug-likeness (QED) is 0.892. The number of aryl methyl sites for hydroxylation is 1. The fourth-order valence-corrected chi connectivity index (χ4v) is 3.11. The van der Waals surface area contributed by atoms with E-state index in [2.05, 4.69) is 4.98 Å². The summed E-state index contributed by atoms with van der Waals surface area (Å²) in [4.78, 5) is 31.5. The Bertz CT molecular complexity index is 743. The third-order valence-corrected chi connectivity index (χ3v) is 4.56. The third kappa shape index (κ3) is 4.88. The summed E-state index contributed by atoms with van der Waals surface area (Å²) in [5.74, 6) is 0.763. The third-order valence-electron chi connectivity index (χ3n) is 4.56. The van der Waals surface area contributed by atoms with Crippen molar-refractivity contribution in [2.45, 2.75) is 19.8 Å². The monoisotopic (exact) mass is 355 g/mol. The first kappa shape index (κ1) is 18.0. The van der Waals surface area contributed by atoms with Crippen LogP contribution in [0, 0.1) is 6.92 Å². The number of aromatic nitrogens is 1. The molecule has 1 saturated heterocycles. The van der Waals surface area contributed by atoms with Crippen molar-refractivity contribution in [2.75, 3.05) is 32.8 Å². The van der Waals surface area contributed by atoms with Gasteiger partial charge in [-0.25, -0.2) is 0 Å². The molecule has 0 spiro atoms. The molecule has 0 radical (unpaired) electrons. The van der Waals surface area contributed by atoms with Gasteiger partial charge in [0.2, 0.25) is 5.91 Å². The topological polar surface area (TPSA) is 65.6 Å². The molecule has 6 heteroatoms. The van der Waals surface area contributed by atoms with Crippen LogP contribution in [0.3, 0.4) is 0 Å². The van der Waals surface area contributed by atoms with Crippen LogP contribution in [-0.4, -0.2) is 59.4 Å². The molecule has 2 amide bonds. The number of nitrogens with one attached hydrogen (secondary N) is 1. The van der Waals surface area contributed by atoms with Crippen molar-refractivity contribution in [1.29, 1.82) is 0 Å². The van der Waals surface area contributed by atoms with Gasteiger partial charge < -0.3 is 19.5 Å². The van der Waals surface area contributed by atoms with Gasteiger partial charge in [0.15, 0.2) is 6.61 Å². The first-order valence-electron chi connectivity index (χ1n) is 8.99. The van der Waals surface area contributed by atoms with Crippen molar-refractivity contribution in [3.8, 4) is 5.75 Å². The fourth-order valence-electron chi connectivity index (χ4n) is 3.11. The van der Waals surface area contributed by atoms with Gasteiger partial charge >= 0.3 is 0 Å². The number of amides is 2. The van der Waals surface area contributed by atoms with Gasteiger partial charge in [0.25, 0.3) is 5.91 Å². The van der Waals surface area contributed by atoms with Gasteiger partial charge in [0, 0.05) is 38.1 Å². The maximum atomic E-state index is 12.4. The summed E-state index contributed by atoms with van der Waals surface area (Å²) in [6.45, 7) is 4.47. The number of hydrogen-bond acceptors (Lipinski definition) is 3. The Morgan fingerprint density at radius 1 is 1.04 bits per heavy atom. The van der Waals surface area contributed by atoms with Crippen molar-refractivity contribution < 1.29 is 14.3 Å². The summed E-state index contributed by atoms with van der Waals surface area (Å²) in [7, 11) is 0. The molecule has 138 valence electrons. The van der Waals surface area contributed by atoms with Gasteiger partial charge in [-0.3, -0.25) is 9.59 Å². The summed E-state index contributed by atoms with van der Waals surface area (Å²) in [5, 5.41) is 0.